The van der Waals surface area contributed by atoms with Crippen molar-refractivity contribution in [3.05, 3.63) is 119 Å². The largest absolute Gasteiger partial charge is 0.384 e. The lowest BCUT2D eigenvalue weighted by Gasteiger charge is -2.33. The molecular formula is C39H45ClFN7O3. The molecule has 7 rings (SSSR count). The minimum Gasteiger partial charge on any atom is -0.384 e. The first kappa shape index (κ1) is 37.3. The molecule has 10 nitrogen and oxygen atoms in total. The molecular weight excluding hydrogens is 669 g/mol. The van der Waals surface area contributed by atoms with Crippen LogP contribution in [-0.2, 0) is 34.5 Å². The van der Waals surface area contributed by atoms with Crippen molar-refractivity contribution in [1.29, 1.82) is 0 Å². The number of allylic oxidation sites excluding steroid dienone is 4. The Morgan fingerprint density at radius 3 is 2.49 bits per heavy atom. The number of halogens is 2. The summed E-state index contributed by atoms with van der Waals surface area (Å²) in [6, 6.07) is 16.6. The summed E-state index contributed by atoms with van der Waals surface area (Å²) in [6.45, 7) is 10.9. The van der Waals surface area contributed by atoms with Crippen LogP contribution >= 0.6 is 11.6 Å². The molecule has 51 heavy (non-hydrogen) atoms. The number of hydrogen-bond donors (Lipinski definition) is 4. The van der Waals surface area contributed by atoms with Crippen LogP contribution in [0.2, 0.25) is 5.02 Å². The Balaban J connectivity index is 0.000000241. The van der Waals surface area contributed by atoms with Crippen LogP contribution in [0.4, 0.5) is 21.5 Å². The van der Waals surface area contributed by atoms with Crippen LogP contribution in [0.1, 0.15) is 36.2 Å². The maximum Gasteiger partial charge on any atom is 0.211 e. The lowest BCUT2D eigenvalue weighted by Crippen LogP contribution is -2.36. The maximum absolute atomic E-state index is 14.2. The van der Waals surface area contributed by atoms with E-state index in [9.17, 15) is 14.0 Å². The minimum absolute atomic E-state index is 0.311. The predicted molar refractivity (Wildman–Crippen MR) is 203 cm³/mol. The first-order chi connectivity index (χ1) is 24.7. The first-order valence-corrected chi connectivity index (χ1v) is 17.4. The third-order valence-electron chi connectivity index (χ3n) is 8.88. The van der Waals surface area contributed by atoms with Crippen LogP contribution in [0.15, 0.2) is 90.9 Å². The van der Waals surface area contributed by atoms with Crippen molar-refractivity contribution < 1.29 is 18.7 Å². The zero-order valence-electron chi connectivity index (χ0n) is 29.1. The molecule has 2 saturated heterocycles. The maximum atomic E-state index is 14.2. The van der Waals surface area contributed by atoms with Crippen molar-refractivity contribution >= 4 is 52.4 Å². The fraction of sp³-hybridized carbons (Fsp3) is 0.308. The number of imidazole rings is 1. The molecule has 0 radical (unpaired) electrons. The van der Waals surface area contributed by atoms with E-state index in [1.165, 1.54) is 24.1 Å². The summed E-state index contributed by atoms with van der Waals surface area (Å²) >= 11 is 5.87. The molecule has 4 heterocycles. The molecule has 1 amide bonds. The number of hydrogen-bond acceptors (Lipinski definition) is 8. The fourth-order valence-corrected chi connectivity index (χ4v) is 6.08. The number of likely N-dealkylation sites (tertiary alicyclic amines) is 1. The van der Waals surface area contributed by atoms with Gasteiger partial charge in [-0.2, -0.15) is 0 Å². The van der Waals surface area contributed by atoms with E-state index in [2.05, 4.69) is 69.5 Å². The molecule has 0 unspecified atom stereocenters. The molecule has 268 valence electrons. The van der Waals surface area contributed by atoms with Gasteiger partial charge < -0.3 is 30.6 Å². The normalized spacial score (nSPS) is 15.8. The SMILES string of the molecule is C1COC1.C=C1Nc2ccc(NC=O)cc2N1.Cc1ccc2c(c1)nc(CN1CCC(/C(=C/C=C\C=O)NCc3ccc(Cl)cc3F)CC1)n2C. The molecule has 0 bridgehead atoms. The van der Waals surface area contributed by atoms with Crippen LogP contribution in [0.3, 0.4) is 0 Å². The molecule has 0 saturated carbocycles. The summed E-state index contributed by atoms with van der Waals surface area (Å²) in [5.41, 5.74) is 7.65. The summed E-state index contributed by atoms with van der Waals surface area (Å²) in [6.07, 6.45) is 9.76. The zero-order chi connectivity index (χ0) is 36.2. The Hall–Kier alpha value is -4.97. The number of piperidine rings is 1. The zero-order valence-corrected chi connectivity index (χ0v) is 29.8. The van der Waals surface area contributed by atoms with Gasteiger partial charge >= 0.3 is 0 Å². The average Bonchev–Trinajstić information content (AvgIpc) is 3.60. The number of benzene rings is 3. The average molecular weight is 714 g/mol. The molecule has 0 spiro atoms. The number of amides is 1. The number of aryl methyl sites for hydroxylation is 2. The van der Waals surface area contributed by atoms with E-state index in [1.807, 2.05) is 24.3 Å². The summed E-state index contributed by atoms with van der Waals surface area (Å²) < 4.78 is 21.1. The first-order valence-electron chi connectivity index (χ1n) is 17.0. The van der Waals surface area contributed by atoms with E-state index in [1.54, 1.807) is 18.2 Å². The number of rotatable bonds is 10. The molecule has 0 atom stereocenters. The van der Waals surface area contributed by atoms with Crippen LogP contribution in [0.5, 0.6) is 0 Å². The van der Waals surface area contributed by atoms with Crippen LogP contribution in [0, 0.1) is 18.7 Å². The fourth-order valence-electron chi connectivity index (χ4n) is 5.92. The van der Waals surface area contributed by atoms with E-state index < -0.39 is 0 Å². The smallest absolute Gasteiger partial charge is 0.211 e. The van der Waals surface area contributed by atoms with Crippen molar-refractivity contribution in [3.63, 3.8) is 0 Å². The second-order valence-electron chi connectivity index (χ2n) is 12.6. The van der Waals surface area contributed by atoms with Gasteiger partial charge in [0.1, 0.15) is 23.7 Å². The molecule has 3 aliphatic heterocycles. The molecule has 4 aromatic rings. The summed E-state index contributed by atoms with van der Waals surface area (Å²) in [7, 11) is 2.08. The summed E-state index contributed by atoms with van der Waals surface area (Å²) in [5.74, 6) is 1.81. The second kappa shape index (κ2) is 18.3. The van der Waals surface area contributed by atoms with E-state index >= 15 is 0 Å². The molecule has 3 aliphatic rings. The van der Waals surface area contributed by atoms with Crippen LogP contribution in [0.25, 0.3) is 11.0 Å². The van der Waals surface area contributed by atoms with Gasteiger partial charge in [0.05, 0.1) is 29.0 Å². The van der Waals surface area contributed by atoms with Gasteiger partial charge in [0.15, 0.2) is 0 Å². The Kier molecular flexibility index (Phi) is 13.4. The Morgan fingerprint density at radius 2 is 1.80 bits per heavy atom. The van der Waals surface area contributed by atoms with Gasteiger partial charge in [-0.1, -0.05) is 36.4 Å². The molecule has 2 fully saturated rings. The highest BCUT2D eigenvalue weighted by Crippen LogP contribution is 2.32. The lowest BCUT2D eigenvalue weighted by atomic mass is 9.92. The number of carbonyl (C=O) groups is 2. The van der Waals surface area contributed by atoms with Crippen molar-refractivity contribution in [2.24, 2.45) is 13.0 Å². The third-order valence-corrected chi connectivity index (χ3v) is 9.11. The number of fused-ring (bicyclic) bond motifs is 2. The number of nitrogens with zero attached hydrogens (tertiary/aromatic N) is 3. The van der Waals surface area contributed by atoms with E-state index in [0.717, 1.165) is 97.4 Å². The minimum atomic E-state index is -0.324. The summed E-state index contributed by atoms with van der Waals surface area (Å²) in [4.78, 5) is 28.2. The molecule has 4 N–H and O–H groups in total. The second-order valence-corrected chi connectivity index (χ2v) is 13.0. The Labute approximate surface area is 303 Å². The quantitative estimate of drug-likeness (QED) is 0.0771. The van der Waals surface area contributed by atoms with Crippen molar-refractivity contribution in [2.75, 3.05) is 42.3 Å². The van der Waals surface area contributed by atoms with Gasteiger partial charge in [-0.05, 0) is 99.5 Å². The Morgan fingerprint density at radius 1 is 1.06 bits per heavy atom. The van der Waals surface area contributed by atoms with Gasteiger partial charge in [0.2, 0.25) is 6.41 Å². The monoisotopic (exact) mass is 713 g/mol. The van der Waals surface area contributed by atoms with E-state index in [4.69, 9.17) is 21.3 Å². The van der Waals surface area contributed by atoms with Crippen LogP contribution < -0.4 is 21.3 Å². The van der Waals surface area contributed by atoms with Gasteiger partial charge in [0.25, 0.3) is 0 Å². The standard InChI is InChI=1S/C27H30ClFN4O.C9H9N3O.C3H6O/c1-19-6-9-26-25(15-19)31-27(32(26)2)18-33-12-10-20(11-13-33)24(5-3-4-14-34)30-17-21-7-8-22(28)16-23(21)29;1-6-11-8-3-2-7(10-5-13)4-9(8)12-6;1-2-4-3-1/h3-9,14-16,20,30H,10-13,17-18H2,1-2H3;2-5,11-12H,1H2,(H,10,13);1-3H2/b4-3-,24-5-;;. The number of nitrogens with one attached hydrogen (secondary N) is 4. The highest BCUT2D eigenvalue weighted by molar-refractivity contribution is 6.30. The van der Waals surface area contributed by atoms with Crippen molar-refractivity contribution in [3.8, 4) is 0 Å². The van der Waals surface area contributed by atoms with Gasteiger partial charge in [0, 0.05) is 54.7 Å². The van der Waals surface area contributed by atoms with Gasteiger partial charge in [-0.3, -0.25) is 14.5 Å². The van der Waals surface area contributed by atoms with Crippen molar-refractivity contribution in [2.45, 2.75) is 39.3 Å². The Bertz CT molecular complexity index is 1890. The highest BCUT2D eigenvalue weighted by Gasteiger charge is 2.24. The number of anilines is 3. The number of aromatic nitrogens is 2. The molecule has 12 heteroatoms. The third kappa shape index (κ3) is 10.5. The van der Waals surface area contributed by atoms with Crippen LogP contribution in [-0.4, -0.2) is 53.5 Å². The number of aldehydes is 1. The predicted octanol–water partition coefficient (Wildman–Crippen LogP) is 7.29. The van der Waals surface area contributed by atoms with Gasteiger partial charge in [-0.15, -0.1) is 0 Å². The number of ether oxygens (including phenoxy) is 1. The van der Waals surface area contributed by atoms with E-state index in [-0.39, 0.29) is 5.82 Å². The molecule has 3 aromatic carbocycles. The number of carbonyl (C=O) groups excluding carboxylic acids is 2. The van der Waals surface area contributed by atoms with Crippen molar-refractivity contribution in [1.82, 2.24) is 19.8 Å². The lowest BCUT2D eigenvalue weighted by molar-refractivity contribution is -0.105. The molecule has 1 aromatic heterocycles. The topological polar surface area (TPSA) is 113 Å². The van der Waals surface area contributed by atoms with E-state index in [0.29, 0.717) is 29.5 Å². The van der Waals surface area contributed by atoms with Gasteiger partial charge in [-0.25, -0.2) is 9.37 Å². The summed E-state index contributed by atoms with van der Waals surface area (Å²) in [5, 5.41) is 12.4. The highest BCUT2D eigenvalue weighted by atomic mass is 35.5. The molecule has 0 aliphatic carbocycles.